The van der Waals surface area contributed by atoms with E-state index >= 15 is 0 Å². The van der Waals surface area contributed by atoms with Crippen LogP contribution >= 0.6 is 0 Å². The van der Waals surface area contributed by atoms with Crippen molar-refractivity contribution >= 4 is 43.0 Å². The molecule has 0 spiro atoms. The minimum absolute atomic E-state index is 0.0370. The second-order valence-electron chi connectivity index (χ2n) is 8.00. The number of amides is 1. The minimum atomic E-state index is -4.03. The van der Waals surface area contributed by atoms with E-state index < -0.39 is 20.0 Å². The Hall–Kier alpha value is -3.37. The van der Waals surface area contributed by atoms with E-state index in [1.807, 2.05) is 6.92 Å². The molecule has 180 valence electrons. The summed E-state index contributed by atoms with van der Waals surface area (Å²) in [6.45, 7) is 6.56. The van der Waals surface area contributed by atoms with Crippen LogP contribution in [-0.2, 0) is 24.8 Å². The number of aryl methyl sites for hydroxylation is 2. The smallest absolute Gasteiger partial charge is 0.264 e. The van der Waals surface area contributed by atoms with Gasteiger partial charge in [0.1, 0.15) is 0 Å². The number of hydrogen-bond acceptors (Lipinski definition) is 5. The van der Waals surface area contributed by atoms with Crippen LogP contribution in [0, 0.1) is 20.8 Å². The average molecular weight is 502 g/mol. The molecule has 0 saturated carbocycles. The van der Waals surface area contributed by atoms with Crippen LogP contribution in [0.4, 0.5) is 17.1 Å². The van der Waals surface area contributed by atoms with Crippen LogP contribution < -0.4 is 14.3 Å². The fourth-order valence-corrected chi connectivity index (χ4v) is 6.24. The predicted octanol–water partition coefficient (Wildman–Crippen LogP) is 4.20. The first-order chi connectivity index (χ1) is 15.8. The molecule has 34 heavy (non-hydrogen) atoms. The lowest BCUT2D eigenvalue weighted by atomic mass is 10.1. The number of benzene rings is 3. The van der Waals surface area contributed by atoms with Crippen LogP contribution in [-0.4, -0.2) is 29.8 Å². The highest BCUT2D eigenvalue weighted by atomic mass is 32.2. The first-order valence-corrected chi connectivity index (χ1v) is 13.3. The SMILES string of the molecule is CC(=O)Nc1ccc(NS(=O)(=O)c2ccc(C)c(N(C)S(=O)(=O)c3ccc(C)cc3)c2C)cc1. The van der Waals surface area contributed by atoms with Crippen LogP contribution in [0.3, 0.4) is 0 Å². The van der Waals surface area contributed by atoms with E-state index in [0.29, 0.717) is 28.2 Å². The number of hydrogen-bond donors (Lipinski definition) is 2. The third-order valence-corrected chi connectivity index (χ3v) is 8.62. The van der Waals surface area contributed by atoms with Crippen LogP contribution in [0.2, 0.25) is 0 Å². The molecule has 0 bridgehead atoms. The molecule has 0 radical (unpaired) electrons. The van der Waals surface area contributed by atoms with Gasteiger partial charge in [0.25, 0.3) is 20.0 Å². The van der Waals surface area contributed by atoms with Crippen molar-refractivity contribution in [2.75, 3.05) is 21.4 Å². The van der Waals surface area contributed by atoms with Gasteiger partial charge in [-0.25, -0.2) is 16.8 Å². The summed E-state index contributed by atoms with van der Waals surface area (Å²) in [5.74, 6) is -0.235. The molecular weight excluding hydrogens is 474 g/mol. The quantitative estimate of drug-likeness (QED) is 0.504. The molecule has 3 aromatic carbocycles. The summed E-state index contributed by atoms with van der Waals surface area (Å²) in [5.41, 5.74) is 2.99. The molecule has 0 unspecified atom stereocenters. The fourth-order valence-electron chi connectivity index (χ4n) is 3.62. The molecule has 3 rings (SSSR count). The van der Waals surface area contributed by atoms with Gasteiger partial charge in [0, 0.05) is 25.3 Å². The second kappa shape index (κ2) is 9.47. The van der Waals surface area contributed by atoms with E-state index in [1.165, 1.54) is 44.3 Å². The van der Waals surface area contributed by atoms with E-state index in [-0.39, 0.29) is 15.7 Å². The van der Waals surface area contributed by atoms with Gasteiger partial charge < -0.3 is 5.32 Å². The third kappa shape index (κ3) is 5.23. The molecule has 1 amide bonds. The largest absolute Gasteiger partial charge is 0.326 e. The molecular formula is C24H27N3O5S2. The van der Waals surface area contributed by atoms with Crippen molar-refractivity contribution in [2.45, 2.75) is 37.5 Å². The number of rotatable bonds is 7. The highest BCUT2D eigenvalue weighted by Gasteiger charge is 2.27. The molecule has 0 aliphatic carbocycles. The highest BCUT2D eigenvalue weighted by molar-refractivity contribution is 7.93. The second-order valence-corrected chi connectivity index (χ2v) is 11.6. The van der Waals surface area contributed by atoms with E-state index in [4.69, 9.17) is 0 Å². The molecule has 10 heteroatoms. The van der Waals surface area contributed by atoms with E-state index in [1.54, 1.807) is 44.2 Å². The zero-order valence-corrected chi connectivity index (χ0v) is 21.2. The summed E-state index contributed by atoms with van der Waals surface area (Å²) in [5, 5.41) is 2.61. The minimum Gasteiger partial charge on any atom is -0.326 e. The molecule has 0 aliphatic heterocycles. The van der Waals surface area contributed by atoms with Gasteiger partial charge in [-0.3, -0.25) is 13.8 Å². The van der Waals surface area contributed by atoms with E-state index in [2.05, 4.69) is 10.0 Å². The lowest BCUT2D eigenvalue weighted by molar-refractivity contribution is -0.114. The summed E-state index contributed by atoms with van der Waals surface area (Å²) in [7, 11) is -6.52. The average Bonchev–Trinajstić information content (AvgIpc) is 2.74. The van der Waals surface area contributed by atoms with Gasteiger partial charge in [-0.15, -0.1) is 0 Å². The maximum absolute atomic E-state index is 13.2. The molecule has 3 aromatic rings. The fraction of sp³-hybridized carbons (Fsp3) is 0.208. The Kier molecular flexibility index (Phi) is 7.04. The van der Waals surface area contributed by atoms with E-state index in [9.17, 15) is 21.6 Å². The first-order valence-electron chi connectivity index (χ1n) is 10.4. The maximum atomic E-state index is 13.2. The summed E-state index contributed by atoms with van der Waals surface area (Å²) >= 11 is 0. The van der Waals surface area contributed by atoms with E-state index in [0.717, 1.165) is 9.87 Å². The Morgan fingerprint density at radius 2 is 1.35 bits per heavy atom. The lowest BCUT2D eigenvalue weighted by Crippen LogP contribution is -2.28. The Morgan fingerprint density at radius 1 is 0.794 bits per heavy atom. The number of carbonyl (C=O) groups excluding carboxylic acids is 1. The van der Waals surface area contributed by atoms with Gasteiger partial charge >= 0.3 is 0 Å². The molecule has 0 atom stereocenters. The topological polar surface area (TPSA) is 113 Å². The Bertz CT molecular complexity index is 1430. The number of carbonyl (C=O) groups is 1. The molecule has 8 nitrogen and oxygen atoms in total. The Balaban J connectivity index is 1.98. The summed E-state index contributed by atoms with van der Waals surface area (Å²) in [4.78, 5) is 11.2. The summed E-state index contributed by atoms with van der Waals surface area (Å²) in [6.07, 6.45) is 0. The van der Waals surface area contributed by atoms with Crippen molar-refractivity contribution in [3.05, 3.63) is 77.4 Å². The Morgan fingerprint density at radius 3 is 1.91 bits per heavy atom. The van der Waals surface area contributed by atoms with Gasteiger partial charge in [0.2, 0.25) is 5.91 Å². The van der Waals surface area contributed by atoms with Crippen molar-refractivity contribution in [2.24, 2.45) is 0 Å². The van der Waals surface area contributed by atoms with Gasteiger partial charge in [-0.05, 0) is 74.4 Å². The Labute approximate surface area is 200 Å². The number of sulfonamides is 2. The number of anilines is 3. The number of nitrogens with zero attached hydrogens (tertiary/aromatic N) is 1. The van der Waals surface area contributed by atoms with Crippen molar-refractivity contribution in [3.63, 3.8) is 0 Å². The van der Waals surface area contributed by atoms with Crippen LogP contribution in [0.25, 0.3) is 0 Å². The molecule has 2 N–H and O–H groups in total. The van der Waals surface area contributed by atoms with Gasteiger partial charge in [0.15, 0.2) is 0 Å². The van der Waals surface area contributed by atoms with Crippen molar-refractivity contribution in [1.29, 1.82) is 0 Å². The molecule has 0 saturated heterocycles. The zero-order valence-electron chi connectivity index (χ0n) is 19.6. The van der Waals surface area contributed by atoms with Crippen LogP contribution in [0.1, 0.15) is 23.6 Å². The standard InChI is InChI=1S/C24H27N3O5S2/c1-16-6-13-22(14-7-16)34(31,32)27(5)24-17(2)8-15-23(18(24)3)33(29,30)26-21-11-9-20(10-12-21)25-19(4)28/h6-15,26H,1-5H3,(H,25,28). The molecule has 0 heterocycles. The number of nitrogens with one attached hydrogen (secondary N) is 2. The van der Waals surface area contributed by atoms with Crippen LogP contribution in [0.5, 0.6) is 0 Å². The monoisotopic (exact) mass is 501 g/mol. The van der Waals surface area contributed by atoms with Gasteiger partial charge in [-0.2, -0.15) is 0 Å². The van der Waals surface area contributed by atoms with Crippen LogP contribution in [0.15, 0.2) is 70.5 Å². The van der Waals surface area contributed by atoms with Crippen molar-refractivity contribution in [3.8, 4) is 0 Å². The lowest BCUT2D eigenvalue weighted by Gasteiger charge is -2.25. The molecule has 0 aromatic heterocycles. The van der Waals surface area contributed by atoms with Gasteiger partial charge in [-0.1, -0.05) is 23.8 Å². The molecule has 0 fully saturated rings. The first kappa shape index (κ1) is 25.3. The normalized spacial score (nSPS) is 11.7. The predicted molar refractivity (Wildman–Crippen MR) is 134 cm³/mol. The van der Waals surface area contributed by atoms with Crippen molar-refractivity contribution < 1.29 is 21.6 Å². The third-order valence-electron chi connectivity index (χ3n) is 5.32. The van der Waals surface area contributed by atoms with Gasteiger partial charge in [0.05, 0.1) is 15.5 Å². The summed E-state index contributed by atoms with van der Waals surface area (Å²) in [6, 6.07) is 15.7. The maximum Gasteiger partial charge on any atom is 0.264 e. The molecule has 0 aliphatic rings. The van der Waals surface area contributed by atoms with Crippen molar-refractivity contribution in [1.82, 2.24) is 0 Å². The summed E-state index contributed by atoms with van der Waals surface area (Å²) < 4.78 is 56.5. The highest BCUT2D eigenvalue weighted by Crippen LogP contribution is 2.33. The zero-order chi connectivity index (χ0) is 25.3.